The van der Waals surface area contributed by atoms with Crippen LogP contribution in [-0.4, -0.2) is 25.5 Å². The van der Waals surface area contributed by atoms with E-state index in [4.69, 9.17) is 0 Å². The van der Waals surface area contributed by atoms with Crippen LogP contribution in [0.15, 0.2) is 47.4 Å². The van der Waals surface area contributed by atoms with Crippen LogP contribution in [0.4, 0.5) is 19.0 Å². The number of rotatable bonds is 4. The number of aryl methyl sites for hydroxylation is 1. The monoisotopic (exact) mass is 405 g/mol. The maximum absolute atomic E-state index is 13.4. The molecule has 1 N–H and O–H groups in total. The number of carbonyl (C=O) groups is 1. The molecule has 0 atom stereocenters. The third-order valence-corrected chi connectivity index (χ3v) is 4.16. The standard InChI is InChI=1S/C19H18F3N5O2/c1-11(2)26-16(8-9-23-26)24-18(29)17-15(28)10-12(3)27(25-17)14-7-5-4-6-13(14)19(20,21)22/h4-11H,1-3H3,(H,24,29). The van der Waals surface area contributed by atoms with Crippen LogP contribution >= 0.6 is 0 Å². The largest absolute Gasteiger partial charge is 0.418 e. The number of hydrogen-bond donors (Lipinski definition) is 1. The fourth-order valence-corrected chi connectivity index (χ4v) is 2.85. The number of aromatic nitrogens is 4. The van der Waals surface area contributed by atoms with Crippen molar-refractivity contribution in [1.82, 2.24) is 19.6 Å². The average molecular weight is 405 g/mol. The maximum Gasteiger partial charge on any atom is 0.418 e. The van der Waals surface area contributed by atoms with Crippen molar-refractivity contribution in [3.05, 3.63) is 69.8 Å². The van der Waals surface area contributed by atoms with Crippen molar-refractivity contribution in [2.45, 2.75) is 33.0 Å². The summed E-state index contributed by atoms with van der Waals surface area (Å²) in [5.41, 5.74) is -2.27. The molecule has 0 aliphatic carbocycles. The van der Waals surface area contributed by atoms with Gasteiger partial charge in [-0.2, -0.15) is 23.4 Å². The molecule has 0 spiro atoms. The van der Waals surface area contributed by atoms with Crippen molar-refractivity contribution in [2.24, 2.45) is 0 Å². The Morgan fingerprint density at radius 2 is 1.86 bits per heavy atom. The lowest BCUT2D eigenvalue weighted by Crippen LogP contribution is -2.28. The predicted molar refractivity (Wildman–Crippen MR) is 100 cm³/mol. The van der Waals surface area contributed by atoms with Gasteiger partial charge in [-0.15, -0.1) is 0 Å². The summed E-state index contributed by atoms with van der Waals surface area (Å²) in [5, 5.41) is 10.5. The summed E-state index contributed by atoms with van der Waals surface area (Å²) in [7, 11) is 0. The highest BCUT2D eigenvalue weighted by molar-refractivity contribution is 6.02. The Morgan fingerprint density at radius 3 is 2.52 bits per heavy atom. The van der Waals surface area contributed by atoms with Gasteiger partial charge in [0.05, 0.1) is 17.4 Å². The van der Waals surface area contributed by atoms with Gasteiger partial charge in [-0.25, -0.2) is 9.36 Å². The van der Waals surface area contributed by atoms with Crippen molar-refractivity contribution in [1.29, 1.82) is 0 Å². The van der Waals surface area contributed by atoms with Crippen LogP contribution in [0.5, 0.6) is 0 Å². The Balaban J connectivity index is 2.07. The molecule has 7 nitrogen and oxygen atoms in total. The van der Waals surface area contributed by atoms with E-state index in [1.54, 1.807) is 6.07 Å². The van der Waals surface area contributed by atoms with Gasteiger partial charge in [-0.05, 0) is 32.9 Å². The molecule has 0 aliphatic heterocycles. The summed E-state index contributed by atoms with van der Waals surface area (Å²) >= 11 is 0. The maximum atomic E-state index is 13.4. The summed E-state index contributed by atoms with van der Waals surface area (Å²) in [5.74, 6) is -0.496. The number of amides is 1. The molecule has 0 fully saturated rings. The summed E-state index contributed by atoms with van der Waals surface area (Å²) in [6.45, 7) is 5.15. The first kappa shape index (κ1) is 20.3. The Morgan fingerprint density at radius 1 is 1.17 bits per heavy atom. The highest BCUT2D eigenvalue weighted by atomic mass is 19.4. The fraction of sp³-hybridized carbons (Fsp3) is 0.263. The van der Waals surface area contributed by atoms with Gasteiger partial charge >= 0.3 is 6.18 Å². The van der Waals surface area contributed by atoms with Crippen molar-refractivity contribution in [2.75, 3.05) is 5.32 Å². The van der Waals surface area contributed by atoms with E-state index >= 15 is 0 Å². The van der Waals surface area contributed by atoms with Gasteiger partial charge in [0.15, 0.2) is 5.69 Å². The summed E-state index contributed by atoms with van der Waals surface area (Å²) in [6.07, 6.45) is -3.14. The molecule has 2 heterocycles. The van der Waals surface area contributed by atoms with Crippen LogP contribution in [0.1, 0.15) is 41.6 Å². The zero-order valence-electron chi connectivity index (χ0n) is 15.9. The zero-order valence-corrected chi connectivity index (χ0v) is 15.9. The van der Waals surface area contributed by atoms with Crippen molar-refractivity contribution in [3.63, 3.8) is 0 Å². The molecule has 1 aromatic carbocycles. The van der Waals surface area contributed by atoms with Crippen LogP contribution in [0.25, 0.3) is 5.69 Å². The molecule has 0 unspecified atom stereocenters. The van der Waals surface area contributed by atoms with Gasteiger partial charge in [0.25, 0.3) is 5.91 Å². The number of nitrogens with zero attached hydrogens (tertiary/aromatic N) is 4. The number of carbonyl (C=O) groups excluding carboxylic acids is 1. The lowest BCUT2D eigenvalue weighted by Gasteiger charge is -2.17. The second-order valence-corrected chi connectivity index (χ2v) is 6.63. The minimum absolute atomic E-state index is 0.0541. The van der Waals surface area contributed by atoms with Gasteiger partial charge in [-0.1, -0.05) is 12.1 Å². The van der Waals surface area contributed by atoms with Gasteiger partial charge in [0.2, 0.25) is 5.43 Å². The zero-order chi connectivity index (χ0) is 21.3. The molecule has 29 heavy (non-hydrogen) atoms. The van der Waals surface area contributed by atoms with Crippen molar-refractivity contribution >= 4 is 11.7 Å². The highest BCUT2D eigenvalue weighted by Crippen LogP contribution is 2.33. The Bertz CT molecular complexity index is 1120. The molecule has 152 valence electrons. The number of hydrogen-bond acceptors (Lipinski definition) is 4. The average Bonchev–Trinajstić information content (AvgIpc) is 3.09. The summed E-state index contributed by atoms with van der Waals surface area (Å²) in [4.78, 5) is 24.9. The lowest BCUT2D eigenvalue weighted by atomic mass is 10.1. The minimum atomic E-state index is -4.62. The normalized spacial score (nSPS) is 11.7. The molecule has 1 amide bonds. The molecule has 0 radical (unpaired) electrons. The van der Waals surface area contributed by atoms with Crippen molar-refractivity contribution < 1.29 is 18.0 Å². The fourth-order valence-electron chi connectivity index (χ4n) is 2.85. The molecular formula is C19H18F3N5O2. The highest BCUT2D eigenvalue weighted by Gasteiger charge is 2.34. The molecule has 2 aromatic heterocycles. The molecule has 10 heteroatoms. The molecule has 0 saturated carbocycles. The van der Waals surface area contributed by atoms with Gasteiger partial charge in [-0.3, -0.25) is 9.59 Å². The number of nitrogens with one attached hydrogen (secondary N) is 1. The van der Waals surface area contributed by atoms with E-state index in [1.807, 2.05) is 13.8 Å². The van der Waals surface area contributed by atoms with E-state index in [0.29, 0.717) is 5.82 Å². The Kier molecular flexibility index (Phi) is 5.27. The number of alkyl halides is 3. The quantitative estimate of drug-likeness (QED) is 0.719. The number of benzene rings is 1. The van der Waals surface area contributed by atoms with E-state index in [0.717, 1.165) is 16.8 Å². The molecule has 0 saturated heterocycles. The molecule has 0 bridgehead atoms. The third-order valence-electron chi connectivity index (χ3n) is 4.16. The SMILES string of the molecule is Cc1cc(=O)c(C(=O)Nc2ccnn2C(C)C)nn1-c1ccccc1C(F)(F)F. The van der Waals surface area contributed by atoms with E-state index in [-0.39, 0.29) is 17.4 Å². The van der Waals surface area contributed by atoms with Crippen LogP contribution in [0, 0.1) is 6.92 Å². The first-order chi connectivity index (χ1) is 13.6. The smallest absolute Gasteiger partial charge is 0.305 e. The van der Waals surface area contributed by atoms with E-state index in [9.17, 15) is 22.8 Å². The molecular weight excluding hydrogens is 387 g/mol. The predicted octanol–water partition coefficient (Wildman–Crippen LogP) is 3.59. The second kappa shape index (κ2) is 7.53. The van der Waals surface area contributed by atoms with Crippen LogP contribution < -0.4 is 10.7 Å². The Labute approximate surface area is 163 Å². The van der Waals surface area contributed by atoms with Gasteiger partial charge in [0, 0.05) is 23.9 Å². The first-order valence-electron chi connectivity index (χ1n) is 8.72. The second-order valence-electron chi connectivity index (χ2n) is 6.63. The van der Waals surface area contributed by atoms with Gasteiger partial charge in [0.1, 0.15) is 5.82 Å². The first-order valence-corrected chi connectivity index (χ1v) is 8.72. The van der Waals surface area contributed by atoms with E-state index < -0.39 is 28.8 Å². The van der Waals surface area contributed by atoms with E-state index in [1.165, 1.54) is 36.0 Å². The topological polar surface area (TPSA) is 81.8 Å². The van der Waals surface area contributed by atoms with Crippen LogP contribution in [-0.2, 0) is 6.18 Å². The third kappa shape index (κ3) is 4.05. The van der Waals surface area contributed by atoms with Crippen LogP contribution in [0.2, 0.25) is 0 Å². The summed E-state index contributed by atoms with van der Waals surface area (Å²) in [6, 6.07) is 7.38. The van der Waals surface area contributed by atoms with E-state index in [2.05, 4.69) is 15.5 Å². The molecule has 0 aliphatic rings. The Hall–Kier alpha value is -3.43. The van der Waals surface area contributed by atoms with Gasteiger partial charge < -0.3 is 5.32 Å². The number of para-hydroxylation sites is 1. The lowest BCUT2D eigenvalue weighted by molar-refractivity contribution is -0.137. The molecule has 3 aromatic rings. The minimum Gasteiger partial charge on any atom is -0.305 e. The molecule has 3 rings (SSSR count). The number of anilines is 1. The number of halogens is 3. The van der Waals surface area contributed by atoms with Crippen molar-refractivity contribution in [3.8, 4) is 5.69 Å². The van der Waals surface area contributed by atoms with Crippen LogP contribution in [0.3, 0.4) is 0 Å². The summed E-state index contributed by atoms with van der Waals surface area (Å²) < 4.78 is 42.6.